The van der Waals surface area contributed by atoms with E-state index in [1.165, 1.54) is 25.7 Å². The summed E-state index contributed by atoms with van der Waals surface area (Å²) in [5, 5.41) is 0. The van der Waals surface area contributed by atoms with Gasteiger partial charge in [-0.3, -0.25) is 14.4 Å². The van der Waals surface area contributed by atoms with Gasteiger partial charge in [0.15, 0.2) is 0 Å². The van der Waals surface area contributed by atoms with Crippen LogP contribution in [0.15, 0.2) is 36.5 Å². The van der Waals surface area contributed by atoms with Crippen LogP contribution in [0.5, 0.6) is 0 Å². The molecule has 5 nitrogen and oxygen atoms in total. The van der Waals surface area contributed by atoms with E-state index in [-0.39, 0.29) is 23.8 Å². The van der Waals surface area contributed by atoms with E-state index >= 15 is 0 Å². The molecule has 0 bridgehead atoms. The van der Waals surface area contributed by atoms with Crippen molar-refractivity contribution in [2.75, 3.05) is 13.1 Å². The molecule has 0 radical (unpaired) electrons. The lowest BCUT2D eigenvalue weighted by Crippen LogP contribution is -2.46. The van der Waals surface area contributed by atoms with E-state index in [9.17, 15) is 9.59 Å². The highest BCUT2D eigenvalue weighted by atomic mass is 16.7. The first-order chi connectivity index (χ1) is 14.2. The zero-order valence-corrected chi connectivity index (χ0v) is 18.0. The number of carbonyl (C=O) groups is 2. The van der Waals surface area contributed by atoms with Crippen LogP contribution in [0.2, 0.25) is 0 Å². The molecule has 0 aromatic rings. The second-order valence-electron chi connectivity index (χ2n) is 7.98. The minimum atomic E-state index is -0.194. The van der Waals surface area contributed by atoms with Gasteiger partial charge in [0.2, 0.25) is 5.91 Å². The monoisotopic (exact) mass is 402 g/mol. The molecule has 2 heterocycles. The number of hydroxylamine groups is 1. The van der Waals surface area contributed by atoms with E-state index < -0.39 is 0 Å². The molecule has 29 heavy (non-hydrogen) atoms. The first kappa shape index (κ1) is 23.4. The Kier molecular flexibility index (Phi) is 11.4. The van der Waals surface area contributed by atoms with E-state index in [0.29, 0.717) is 19.5 Å². The van der Waals surface area contributed by atoms with E-state index in [1.54, 1.807) is 0 Å². The number of hydrogen-bond donors (Lipinski definition) is 1. The molecule has 2 fully saturated rings. The maximum Gasteiger partial charge on any atom is 0.251 e. The topological polar surface area (TPSA) is 58.6 Å². The molecule has 1 N–H and O–H groups in total. The molecule has 0 saturated carbocycles. The summed E-state index contributed by atoms with van der Waals surface area (Å²) in [7, 11) is 0. The predicted octanol–water partition coefficient (Wildman–Crippen LogP) is 4.85. The molecule has 2 aliphatic rings. The SMILES string of the molecule is CCCCC/C=C/C/C=C/C/C=C/CCCCC(=O)N1CCC2ONC(=O)C2C1. The quantitative estimate of drug-likeness (QED) is 0.354. The number of amides is 2. The van der Waals surface area contributed by atoms with Gasteiger partial charge in [0.1, 0.15) is 6.10 Å². The summed E-state index contributed by atoms with van der Waals surface area (Å²) < 4.78 is 0. The van der Waals surface area contributed by atoms with Gasteiger partial charge in [0.25, 0.3) is 5.91 Å². The molecule has 2 atom stereocenters. The third kappa shape index (κ3) is 8.99. The Morgan fingerprint density at radius 1 is 1.03 bits per heavy atom. The molecule has 0 aromatic heterocycles. The number of unbranched alkanes of at least 4 members (excludes halogenated alkanes) is 5. The molecule has 2 amide bonds. The third-order valence-corrected chi connectivity index (χ3v) is 5.58. The largest absolute Gasteiger partial charge is 0.342 e. The van der Waals surface area contributed by atoms with Gasteiger partial charge < -0.3 is 4.90 Å². The Labute approximate surface area is 176 Å². The van der Waals surface area contributed by atoms with Crippen LogP contribution in [-0.4, -0.2) is 35.9 Å². The van der Waals surface area contributed by atoms with E-state index in [1.807, 2.05) is 4.90 Å². The van der Waals surface area contributed by atoms with Crippen molar-refractivity contribution in [3.8, 4) is 0 Å². The summed E-state index contributed by atoms with van der Waals surface area (Å²) in [6.45, 7) is 3.42. The number of carbonyl (C=O) groups excluding carboxylic acids is 2. The highest BCUT2D eigenvalue weighted by molar-refractivity contribution is 5.82. The fourth-order valence-electron chi connectivity index (χ4n) is 3.75. The highest BCUT2D eigenvalue weighted by Crippen LogP contribution is 2.24. The molecule has 0 spiro atoms. The zero-order valence-electron chi connectivity index (χ0n) is 18.0. The van der Waals surface area contributed by atoms with Gasteiger partial charge in [0, 0.05) is 19.5 Å². The smallest absolute Gasteiger partial charge is 0.251 e. The van der Waals surface area contributed by atoms with Crippen molar-refractivity contribution in [1.29, 1.82) is 0 Å². The van der Waals surface area contributed by atoms with Gasteiger partial charge in [-0.2, -0.15) is 0 Å². The van der Waals surface area contributed by atoms with Crippen LogP contribution in [0, 0.1) is 5.92 Å². The molecule has 5 heteroatoms. The number of hydrogen-bond acceptors (Lipinski definition) is 3. The maximum atomic E-state index is 12.3. The molecule has 162 valence electrons. The molecule has 0 aliphatic carbocycles. The lowest BCUT2D eigenvalue weighted by Gasteiger charge is -2.32. The van der Waals surface area contributed by atoms with Crippen molar-refractivity contribution in [2.24, 2.45) is 5.92 Å². The van der Waals surface area contributed by atoms with Crippen molar-refractivity contribution < 1.29 is 14.4 Å². The molecule has 2 rings (SSSR count). The van der Waals surface area contributed by atoms with Crippen LogP contribution in [0.3, 0.4) is 0 Å². The molecule has 2 unspecified atom stereocenters. The first-order valence-electron chi connectivity index (χ1n) is 11.4. The van der Waals surface area contributed by atoms with Crippen molar-refractivity contribution in [3.63, 3.8) is 0 Å². The Balaban J connectivity index is 1.45. The van der Waals surface area contributed by atoms with Crippen LogP contribution in [-0.2, 0) is 14.4 Å². The van der Waals surface area contributed by atoms with E-state index in [0.717, 1.165) is 38.5 Å². The second kappa shape index (κ2) is 14.2. The average molecular weight is 403 g/mol. The van der Waals surface area contributed by atoms with Crippen molar-refractivity contribution in [3.05, 3.63) is 36.5 Å². The average Bonchev–Trinajstić information content (AvgIpc) is 3.11. The number of piperidine rings is 1. The molecular weight excluding hydrogens is 364 g/mol. The van der Waals surface area contributed by atoms with E-state index in [4.69, 9.17) is 4.84 Å². The Morgan fingerprint density at radius 3 is 2.38 bits per heavy atom. The molecule has 0 aromatic carbocycles. The van der Waals surface area contributed by atoms with Crippen LogP contribution >= 0.6 is 0 Å². The lowest BCUT2D eigenvalue weighted by atomic mass is 9.94. The number of allylic oxidation sites excluding steroid dienone is 6. The van der Waals surface area contributed by atoms with Gasteiger partial charge >= 0.3 is 0 Å². The van der Waals surface area contributed by atoms with Gasteiger partial charge in [-0.05, 0) is 51.4 Å². The van der Waals surface area contributed by atoms with E-state index in [2.05, 4.69) is 48.9 Å². The molecule has 2 saturated heterocycles. The van der Waals surface area contributed by atoms with Gasteiger partial charge in [-0.25, -0.2) is 5.48 Å². The Morgan fingerprint density at radius 2 is 1.69 bits per heavy atom. The molecule has 2 aliphatic heterocycles. The summed E-state index contributed by atoms with van der Waals surface area (Å²) in [5.74, 6) is -0.118. The zero-order chi connectivity index (χ0) is 20.7. The van der Waals surface area contributed by atoms with Crippen molar-refractivity contribution in [1.82, 2.24) is 10.4 Å². The number of fused-ring (bicyclic) bond motifs is 1. The van der Waals surface area contributed by atoms with Crippen molar-refractivity contribution in [2.45, 2.75) is 83.7 Å². The Bertz CT molecular complexity index is 583. The summed E-state index contributed by atoms with van der Waals surface area (Å²) in [6, 6.07) is 0. The number of likely N-dealkylation sites (tertiary alicyclic amines) is 1. The normalized spacial score (nSPS) is 22.1. The van der Waals surface area contributed by atoms with Gasteiger partial charge in [0.05, 0.1) is 5.92 Å². The third-order valence-electron chi connectivity index (χ3n) is 5.58. The van der Waals surface area contributed by atoms with Crippen LogP contribution in [0.1, 0.15) is 77.6 Å². The number of rotatable bonds is 13. The summed E-state index contributed by atoms with van der Waals surface area (Å²) in [6.07, 6.45) is 24.7. The summed E-state index contributed by atoms with van der Waals surface area (Å²) >= 11 is 0. The predicted molar refractivity (Wildman–Crippen MR) is 117 cm³/mol. The van der Waals surface area contributed by atoms with Gasteiger partial charge in [-0.15, -0.1) is 0 Å². The van der Waals surface area contributed by atoms with Crippen LogP contribution in [0.4, 0.5) is 0 Å². The highest BCUT2D eigenvalue weighted by Gasteiger charge is 2.41. The minimum Gasteiger partial charge on any atom is -0.342 e. The van der Waals surface area contributed by atoms with Crippen LogP contribution < -0.4 is 5.48 Å². The number of nitrogens with zero attached hydrogens (tertiary/aromatic N) is 1. The second-order valence-corrected chi connectivity index (χ2v) is 7.98. The maximum absolute atomic E-state index is 12.3. The minimum absolute atomic E-state index is 0.0625. The lowest BCUT2D eigenvalue weighted by molar-refractivity contribution is -0.135. The first-order valence-corrected chi connectivity index (χ1v) is 11.4. The number of nitrogens with one attached hydrogen (secondary N) is 1. The Hall–Kier alpha value is -1.88. The standard InChI is InChI=1S/C24H38N2O3/c1-2-3-4-5-6-7-8-9-10-11-12-13-14-15-16-17-23(27)26-19-18-22-21(20-26)24(28)25-29-22/h6-7,9-10,12-13,21-22H,2-5,8,11,14-20H2,1H3,(H,25,28)/b7-6+,10-9+,13-12+. The molecular formula is C24H38N2O3. The van der Waals surface area contributed by atoms with Crippen molar-refractivity contribution >= 4 is 11.8 Å². The fourth-order valence-corrected chi connectivity index (χ4v) is 3.75. The van der Waals surface area contributed by atoms with Gasteiger partial charge in [-0.1, -0.05) is 56.2 Å². The fraction of sp³-hybridized carbons (Fsp3) is 0.667. The summed E-state index contributed by atoms with van der Waals surface area (Å²) in [4.78, 5) is 31.1. The summed E-state index contributed by atoms with van der Waals surface area (Å²) in [5.41, 5.74) is 2.43. The van der Waals surface area contributed by atoms with Crippen LogP contribution in [0.25, 0.3) is 0 Å².